The number of aliphatic hydroxyl groups excluding tert-OH is 1. The number of hydrogen-bond acceptors (Lipinski definition) is 3. The van der Waals surface area contributed by atoms with Crippen LogP contribution in [0.2, 0.25) is 0 Å². The number of carbonyl (C=O) groups is 2. The Balaban J connectivity index is 2.46. The molecular formula is C9H15NO3. The average molecular weight is 185 g/mol. The van der Waals surface area contributed by atoms with Gasteiger partial charge < -0.3 is 10.0 Å². The predicted molar refractivity (Wildman–Crippen MR) is 47.0 cm³/mol. The minimum atomic E-state index is -0.962. The first-order chi connectivity index (χ1) is 6.00. The number of Topliss-reactive ketones (excluding diaryl/α,β-unsaturated/α-hetero) is 1. The van der Waals surface area contributed by atoms with Crippen LogP contribution >= 0.6 is 0 Å². The van der Waals surface area contributed by atoms with Gasteiger partial charge in [-0.25, -0.2) is 0 Å². The van der Waals surface area contributed by atoms with Crippen molar-refractivity contribution in [3.05, 3.63) is 0 Å². The van der Waals surface area contributed by atoms with E-state index in [2.05, 4.69) is 0 Å². The zero-order valence-electron chi connectivity index (χ0n) is 7.99. The molecule has 1 unspecified atom stereocenters. The standard InChI is InChI=1S/C9H15NO3/c1-6(2)3-9(13)10-4-7(11)8(12)5-10/h6-7,11H,3-5H2,1-2H3. The largest absolute Gasteiger partial charge is 0.383 e. The number of ketones is 1. The molecule has 1 atom stereocenters. The number of β-amino-alcohol motifs (C(OH)–C–C–N with tert-alkyl or cyclic N) is 1. The van der Waals surface area contributed by atoms with Crippen LogP contribution in [0.4, 0.5) is 0 Å². The Morgan fingerprint density at radius 1 is 1.69 bits per heavy atom. The van der Waals surface area contributed by atoms with Gasteiger partial charge in [0.15, 0.2) is 5.78 Å². The highest BCUT2D eigenvalue weighted by Gasteiger charge is 2.31. The van der Waals surface area contributed by atoms with Gasteiger partial charge in [0.05, 0.1) is 13.1 Å². The summed E-state index contributed by atoms with van der Waals surface area (Å²) in [6, 6.07) is 0. The molecule has 0 aliphatic carbocycles. The van der Waals surface area contributed by atoms with Crippen molar-refractivity contribution in [2.75, 3.05) is 13.1 Å². The SMILES string of the molecule is CC(C)CC(=O)N1CC(=O)C(O)C1. The van der Waals surface area contributed by atoms with Gasteiger partial charge in [-0.2, -0.15) is 0 Å². The second-order valence-electron chi connectivity index (χ2n) is 3.85. The lowest BCUT2D eigenvalue weighted by Crippen LogP contribution is -2.30. The van der Waals surface area contributed by atoms with Crippen molar-refractivity contribution in [1.29, 1.82) is 0 Å². The summed E-state index contributed by atoms with van der Waals surface area (Å²) in [7, 11) is 0. The summed E-state index contributed by atoms with van der Waals surface area (Å²) in [5, 5.41) is 9.11. The Kier molecular flexibility index (Phi) is 3.03. The molecule has 1 saturated heterocycles. The highest BCUT2D eigenvalue weighted by atomic mass is 16.3. The maximum Gasteiger partial charge on any atom is 0.223 e. The minimum Gasteiger partial charge on any atom is -0.383 e. The summed E-state index contributed by atoms with van der Waals surface area (Å²) in [5.41, 5.74) is 0. The van der Waals surface area contributed by atoms with Crippen LogP contribution in [0.3, 0.4) is 0 Å². The third-order valence-electron chi connectivity index (χ3n) is 2.05. The average Bonchev–Trinajstić information content (AvgIpc) is 2.31. The van der Waals surface area contributed by atoms with Crippen LogP contribution in [0, 0.1) is 5.92 Å². The van der Waals surface area contributed by atoms with E-state index in [-0.39, 0.29) is 24.8 Å². The van der Waals surface area contributed by atoms with Gasteiger partial charge in [-0.05, 0) is 5.92 Å². The van der Waals surface area contributed by atoms with E-state index < -0.39 is 6.10 Å². The second kappa shape index (κ2) is 3.87. The first-order valence-electron chi connectivity index (χ1n) is 4.49. The highest BCUT2D eigenvalue weighted by Crippen LogP contribution is 2.10. The highest BCUT2D eigenvalue weighted by molar-refractivity contribution is 5.92. The molecule has 0 bridgehead atoms. The molecule has 1 N–H and O–H groups in total. The molecular weight excluding hydrogens is 170 g/mol. The molecule has 1 fully saturated rings. The summed E-state index contributed by atoms with van der Waals surface area (Å²) in [4.78, 5) is 23.8. The van der Waals surface area contributed by atoms with E-state index in [1.807, 2.05) is 13.8 Å². The molecule has 0 aromatic heterocycles. The van der Waals surface area contributed by atoms with E-state index in [0.717, 1.165) is 0 Å². The summed E-state index contributed by atoms with van der Waals surface area (Å²) in [6.07, 6.45) is -0.517. The molecule has 1 aliphatic heterocycles. The van der Waals surface area contributed by atoms with Gasteiger partial charge in [0.25, 0.3) is 0 Å². The molecule has 0 radical (unpaired) electrons. The van der Waals surface area contributed by atoms with Crippen molar-refractivity contribution in [3.63, 3.8) is 0 Å². The first kappa shape index (κ1) is 10.2. The van der Waals surface area contributed by atoms with E-state index >= 15 is 0 Å². The molecule has 1 heterocycles. The van der Waals surface area contributed by atoms with Crippen LogP contribution < -0.4 is 0 Å². The number of rotatable bonds is 2. The third kappa shape index (κ3) is 2.52. The topological polar surface area (TPSA) is 57.6 Å². The summed E-state index contributed by atoms with van der Waals surface area (Å²) in [5.74, 6) is -0.00245. The molecule has 74 valence electrons. The molecule has 0 saturated carbocycles. The normalized spacial score (nSPS) is 22.9. The fourth-order valence-corrected chi connectivity index (χ4v) is 1.34. The van der Waals surface area contributed by atoms with Crippen LogP contribution in [0.15, 0.2) is 0 Å². The molecule has 1 amide bonds. The summed E-state index contributed by atoms with van der Waals surface area (Å²) < 4.78 is 0. The van der Waals surface area contributed by atoms with Gasteiger partial charge in [0.1, 0.15) is 6.10 Å². The molecule has 1 rings (SSSR count). The maximum atomic E-state index is 11.4. The maximum absolute atomic E-state index is 11.4. The van der Waals surface area contributed by atoms with Crippen LogP contribution in [-0.2, 0) is 9.59 Å². The van der Waals surface area contributed by atoms with Crippen LogP contribution in [0.1, 0.15) is 20.3 Å². The Morgan fingerprint density at radius 2 is 2.31 bits per heavy atom. The summed E-state index contributed by atoms with van der Waals surface area (Å²) >= 11 is 0. The fourth-order valence-electron chi connectivity index (χ4n) is 1.34. The molecule has 0 spiro atoms. The Bertz CT molecular complexity index is 225. The zero-order valence-corrected chi connectivity index (χ0v) is 7.99. The van der Waals surface area contributed by atoms with Crippen molar-refractivity contribution in [2.24, 2.45) is 5.92 Å². The van der Waals surface area contributed by atoms with Gasteiger partial charge in [0, 0.05) is 6.42 Å². The van der Waals surface area contributed by atoms with E-state index in [1.54, 1.807) is 0 Å². The number of amides is 1. The van der Waals surface area contributed by atoms with E-state index in [1.165, 1.54) is 4.90 Å². The Hall–Kier alpha value is -0.900. The van der Waals surface area contributed by atoms with Gasteiger partial charge in [-0.15, -0.1) is 0 Å². The quantitative estimate of drug-likeness (QED) is 0.648. The lowest BCUT2D eigenvalue weighted by Gasteiger charge is -2.15. The van der Waals surface area contributed by atoms with Crippen LogP contribution in [0.5, 0.6) is 0 Å². The van der Waals surface area contributed by atoms with Crippen molar-refractivity contribution in [3.8, 4) is 0 Å². The van der Waals surface area contributed by atoms with Gasteiger partial charge in [0.2, 0.25) is 5.91 Å². The van der Waals surface area contributed by atoms with Gasteiger partial charge >= 0.3 is 0 Å². The Morgan fingerprint density at radius 3 is 2.69 bits per heavy atom. The van der Waals surface area contributed by atoms with E-state index in [4.69, 9.17) is 5.11 Å². The molecule has 1 aliphatic rings. The molecule has 4 heteroatoms. The number of hydrogen-bond donors (Lipinski definition) is 1. The molecule has 0 aromatic carbocycles. The lowest BCUT2D eigenvalue weighted by atomic mass is 10.1. The number of carbonyl (C=O) groups excluding carboxylic acids is 2. The van der Waals surface area contributed by atoms with E-state index in [9.17, 15) is 9.59 Å². The second-order valence-corrected chi connectivity index (χ2v) is 3.85. The molecule has 13 heavy (non-hydrogen) atoms. The smallest absolute Gasteiger partial charge is 0.223 e. The molecule has 0 aromatic rings. The minimum absolute atomic E-state index is 0.0418. The molecule has 4 nitrogen and oxygen atoms in total. The monoisotopic (exact) mass is 185 g/mol. The number of aliphatic hydroxyl groups is 1. The lowest BCUT2D eigenvalue weighted by molar-refractivity contribution is -0.132. The van der Waals surface area contributed by atoms with Crippen molar-refractivity contribution in [1.82, 2.24) is 4.90 Å². The van der Waals surface area contributed by atoms with E-state index in [0.29, 0.717) is 12.3 Å². The fraction of sp³-hybridized carbons (Fsp3) is 0.778. The van der Waals surface area contributed by atoms with Crippen LogP contribution in [0.25, 0.3) is 0 Å². The Labute approximate surface area is 77.5 Å². The van der Waals surface area contributed by atoms with Crippen molar-refractivity contribution in [2.45, 2.75) is 26.4 Å². The summed E-state index contributed by atoms with van der Waals surface area (Å²) in [6.45, 7) is 4.15. The first-order valence-corrected chi connectivity index (χ1v) is 4.49. The van der Waals surface area contributed by atoms with Crippen molar-refractivity contribution >= 4 is 11.7 Å². The number of nitrogens with zero attached hydrogens (tertiary/aromatic N) is 1. The van der Waals surface area contributed by atoms with Gasteiger partial charge in [-0.1, -0.05) is 13.8 Å². The van der Waals surface area contributed by atoms with Crippen LogP contribution in [-0.4, -0.2) is 40.9 Å². The number of likely N-dealkylation sites (tertiary alicyclic amines) is 1. The third-order valence-corrected chi connectivity index (χ3v) is 2.05. The van der Waals surface area contributed by atoms with Gasteiger partial charge in [-0.3, -0.25) is 9.59 Å². The predicted octanol–water partition coefficient (Wildman–Crippen LogP) is -0.195. The van der Waals surface area contributed by atoms with Crippen molar-refractivity contribution < 1.29 is 14.7 Å². The zero-order chi connectivity index (χ0) is 10.0.